The number of halogens is 2. The summed E-state index contributed by atoms with van der Waals surface area (Å²) in [6.07, 6.45) is 0. The SMILES string of the molecule is CC1CSC(c2ccc(F)cc2F)N1. The number of thioether (sulfide) groups is 1. The van der Waals surface area contributed by atoms with Gasteiger partial charge < -0.3 is 0 Å². The van der Waals surface area contributed by atoms with Gasteiger partial charge in [-0.25, -0.2) is 8.78 Å². The first kappa shape index (κ1) is 9.93. The Morgan fingerprint density at radius 2 is 2.21 bits per heavy atom. The fraction of sp³-hybridized carbons (Fsp3) is 0.400. The van der Waals surface area contributed by atoms with Crippen molar-refractivity contribution in [1.29, 1.82) is 0 Å². The highest BCUT2D eigenvalue weighted by molar-refractivity contribution is 7.99. The predicted molar refractivity (Wildman–Crippen MR) is 54.2 cm³/mol. The molecule has 4 heteroatoms. The second-order valence-corrected chi connectivity index (χ2v) is 4.58. The molecule has 0 aliphatic carbocycles. The molecular formula is C10H11F2NS. The van der Waals surface area contributed by atoms with Gasteiger partial charge in [0.2, 0.25) is 0 Å². The standard InChI is InChI=1S/C10H11F2NS/c1-6-5-14-10(13-6)8-3-2-7(11)4-9(8)12/h2-4,6,10,13H,5H2,1H3. The Labute approximate surface area is 85.9 Å². The van der Waals surface area contributed by atoms with Crippen molar-refractivity contribution in [2.45, 2.75) is 18.3 Å². The first-order chi connectivity index (χ1) is 6.66. The average molecular weight is 215 g/mol. The van der Waals surface area contributed by atoms with Gasteiger partial charge in [0.15, 0.2) is 0 Å². The van der Waals surface area contributed by atoms with Gasteiger partial charge in [0.1, 0.15) is 11.6 Å². The minimum Gasteiger partial charge on any atom is -0.298 e. The Bertz CT molecular complexity index is 343. The molecule has 0 bridgehead atoms. The molecule has 0 saturated carbocycles. The Morgan fingerprint density at radius 1 is 1.43 bits per heavy atom. The van der Waals surface area contributed by atoms with E-state index in [0.717, 1.165) is 11.8 Å². The van der Waals surface area contributed by atoms with Gasteiger partial charge in [-0.1, -0.05) is 6.07 Å². The molecule has 1 aromatic rings. The van der Waals surface area contributed by atoms with Gasteiger partial charge in [0, 0.05) is 23.4 Å². The zero-order valence-corrected chi connectivity index (χ0v) is 8.57. The molecular weight excluding hydrogens is 204 g/mol. The van der Waals surface area contributed by atoms with Crippen LogP contribution in [0.25, 0.3) is 0 Å². The van der Waals surface area contributed by atoms with E-state index in [0.29, 0.717) is 11.6 Å². The van der Waals surface area contributed by atoms with Gasteiger partial charge in [0.25, 0.3) is 0 Å². The molecule has 0 amide bonds. The molecule has 76 valence electrons. The van der Waals surface area contributed by atoms with E-state index >= 15 is 0 Å². The van der Waals surface area contributed by atoms with E-state index in [1.165, 1.54) is 12.1 Å². The summed E-state index contributed by atoms with van der Waals surface area (Å²) in [5.41, 5.74) is 0.542. The van der Waals surface area contributed by atoms with Crippen LogP contribution in [-0.4, -0.2) is 11.8 Å². The van der Waals surface area contributed by atoms with E-state index < -0.39 is 11.6 Å². The highest BCUT2D eigenvalue weighted by Gasteiger charge is 2.24. The number of rotatable bonds is 1. The Balaban J connectivity index is 2.24. The topological polar surface area (TPSA) is 12.0 Å². The van der Waals surface area contributed by atoms with Crippen molar-refractivity contribution in [3.05, 3.63) is 35.4 Å². The zero-order valence-electron chi connectivity index (χ0n) is 7.76. The first-order valence-corrected chi connectivity index (χ1v) is 5.54. The summed E-state index contributed by atoms with van der Waals surface area (Å²) in [7, 11) is 0. The lowest BCUT2D eigenvalue weighted by Gasteiger charge is -2.11. The van der Waals surface area contributed by atoms with Crippen LogP contribution in [0.3, 0.4) is 0 Å². The molecule has 1 N–H and O–H groups in total. The maximum atomic E-state index is 13.3. The maximum Gasteiger partial charge on any atom is 0.131 e. The molecule has 1 saturated heterocycles. The summed E-state index contributed by atoms with van der Waals surface area (Å²) >= 11 is 1.65. The van der Waals surface area contributed by atoms with E-state index in [2.05, 4.69) is 12.2 Å². The van der Waals surface area contributed by atoms with Gasteiger partial charge in [-0.15, -0.1) is 11.8 Å². The largest absolute Gasteiger partial charge is 0.298 e. The van der Waals surface area contributed by atoms with Crippen LogP contribution in [0.5, 0.6) is 0 Å². The summed E-state index contributed by atoms with van der Waals surface area (Å²) in [4.78, 5) is 0. The Kier molecular flexibility index (Phi) is 2.74. The third-order valence-electron chi connectivity index (χ3n) is 2.19. The Morgan fingerprint density at radius 3 is 2.79 bits per heavy atom. The van der Waals surface area contributed by atoms with Crippen molar-refractivity contribution in [2.75, 3.05) is 5.75 Å². The molecule has 1 fully saturated rings. The van der Waals surface area contributed by atoms with Crippen LogP contribution in [0.2, 0.25) is 0 Å². The second-order valence-electron chi connectivity index (χ2n) is 3.45. The molecule has 14 heavy (non-hydrogen) atoms. The van der Waals surface area contributed by atoms with E-state index in [9.17, 15) is 8.78 Å². The predicted octanol–water partition coefficient (Wildman–Crippen LogP) is 2.69. The molecule has 1 aliphatic rings. The monoisotopic (exact) mass is 215 g/mol. The van der Waals surface area contributed by atoms with Crippen molar-refractivity contribution >= 4 is 11.8 Å². The number of nitrogens with one attached hydrogen (secondary N) is 1. The van der Waals surface area contributed by atoms with Crippen LogP contribution in [0, 0.1) is 11.6 Å². The molecule has 0 aromatic heterocycles. The zero-order chi connectivity index (χ0) is 10.1. The number of hydrogen-bond donors (Lipinski definition) is 1. The minimum atomic E-state index is -0.526. The summed E-state index contributed by atoms with van der Waals surface area (Å²) in [6, 6.07) is 4.12. The second kappa shape index (κ2) is 3.87. The maximum absolute atomic E-state index is 13.3. The molecule has 2 rings (SSSR count). The van der Waals surface area contributed by atoms with Crippen LogP contribution in [0.1, 0.15) is 17.9 Å². The van der Waals surface area contributed by atoms with Gasteiger partial charge >= 0.3 is 0 Å². The lowest BCUT2D eigenvalue weighted by molar-refractivity contribution is 0.550. The number of benzene rings is 1. The van der Waals surface area contributed by atoms with Crippen LogP contribution >= 0.6 is 11.8 Å². The smallest absolute Gasteiger partial charge is 0.131 e. The molecule has 1 nitrogen and oxygen atoms in total. The molecule has 1 heterocycles. The van der Waals surface area contributed by atoms with Crippen molar-refractivity contribution in [1.82, 2.24) is 5.32 Å². The molecule has 1 aliphatic heterocycles. The summed E-state index contributed by atoms with van der Waals surface area (Å²) in [5, 5.41) is 3.19. The Hall–Kier alpha value is -0.610. The summed E-state index contributed by atoms with van der Waals surface area (Å²) in [5.74, 6) is -0.0343. The highest BCUT2D eigenvalue weighted by Crippen LogP contribution is 2.33. The minimum absolute atomic E-state index is 0.0365. The quantitative estimate of drug-likeness (QED) is 0.773. The van der Waals surface area contributed by atoms with Crippen LogP contribution in [0.4, 0.5) is 8.78 Å². The van der Waals surface area contributed by atoms with Gasteiger partial charge in [0.05, 0.1) is 5.37 Å². The fourth-order valence-corrected chi connectivity index (χ4v) is 2.77. The van der Waals surface area contributed by atoms with Crippen LogP contribution < -0.4 is 5.32 Å². The van der Waals surface area contributed by atoms with Gasteiger partial charge in [-0.2, -0.15) is 0 Å². The van der Waals surface area contributed by atoms with Gasteiger partial charge in [-0.05, 0) is 13.0 Å². The molecule has 0 radical (unpaired) electrons. The molecule has 0 spiro atoms. The average Bonchev–Trinajstić information content (AvgIpc) is 2.51. The van der Waals surface area contributed by atoms with E-state index in [4.69, 9.17) is 0 Å². The summed E-state index contributed by atoms with van der Waals surface area (Å²) < 4.78 is 26.0. The van der Waals surface area contributed by atoms with Crippen LogP contribution in [0.15, 0.2) is 18.2 Å². The van der Waals surface area contributed by atoms with E-state index in [1.54, 1.807) is 11.8 Å². The molecule has 1 aromatic carbocycles. The van der Waals surface area contributed by atoms with Crippen molar-refractivity contribution in [3.8, 4) is 0 Å². The fourth-order valence-electron chi connectivity index (χ4n) is 1.49. The first-order valence-electron chi connectivity index (χ1n) is 4.49. The molecule has 2 unspecified atom stereocenters. The summed E-state index contributed by atoms with van der Waals surface area (Å²) in [6.45, 7) is 2.05. The van der Waals surface area contributed by atoms with Crippen molar-refractivity contribution < 1.29 is 8.78 Å². The van der Waals surface area contributed by atoms with Crippen molar-refractivity contribution in [2.24, 2.45) is 0 Å². The number of hydrogen-bond acceptors (Lipinski definition) is 2. The normalized spacial score (nSPS) is 26.8. The molecule has 2 atom stereocenters. The van der Waals surface area contributed by atoms with E-state index in [-0.39, 0.29) is 5.37 Å². The van der Waals surface area contributed by atoms with Crippen LogP contribution in [-0.2, 0) is 0 Å². The highest BCUT2D eigenvalue weighted by atomic mass is 32.2. The van der Waals surface area contributed by atoms with Gasteiger partial charge in [-0.3, -0.25) is 5.32 Å². The lowest BCUT2D eigenvalue weighted by Crippen LogP contribution is -2.22. The third-order valence-corrected chi connectivity index (χ3v) is 3.61. The van der Waals surface area contributed by atoms with Crippen molar-refractivity contribution in [3.63, 3.8) is 0 Å². The lowest BCUT2D eigenvalue weighted by atomic mass is 10.2. The third kappa shape index (κ3) is 1.91. The van der Waals surface area contributed by atoms with E-state index in [1.807, 2.05) is 0 Å².